The zero-order valence-electron chi connectivity index (χ0n) is 14.3. The average molecular weight is 324 g/mol. The van der Waals surface area contributed by atoms with Crippen LogP contribution in [0.3, 0.4) is 0 Å². The molecule has 1 N–H and O–H groups in total. The standard InChI is InChI=1S/C20H24N2O2/c1-15-7-6-10-18(16(15)2)21-19(17-8-4-3-5-9-17)20(23)22-11-13-24-14-12-22/h3-10,19,21H,11-14H2,1-2H3/t19-/m1/s1. The molecule has 126 valence electrons. The van der Waals surface area contributed by atoms with Crippen LogP contribution in [0, 0.1) is 13.8 Å². The van der Waals surface area contributed by atoms with Gasteiger partial charge in [0.15, 0.2) is 0 Å². The number of amides is 1. The number of carbonyl (C=O) groups excluding carboxylic acids is 1. The van der Waals surface area contributed by atoms with Gasteiger partial charge < -0.3 is 15.0 Å². The third-order valence-corrected chi connectivity index (χ3v) is 4.61. The Morgan fingerprint density at radius 1 is 1.04 bits per heavy atom. The molecule has 1 aliphatic heterocycles. The first kappa shape index (κ1) is 16.5. The highest BCUT2D eigenvalue weighted by molar-refractivity contribution is 5.86. The van der Waals surface area contributed by atoms with Crippen LogP contribution in [-0.4, -0.2) is 37.1 Å². The molecule has 1 saturated heterocycles. The predicted octanol–water partition coefficient (Wildman–Crippen LogP) is 3.32. The van der Waals surface area contributed by atoms with Gasteiger partial charge in [0, 0.05) is 18.8 Å². The number of rotatable bonds is 4. The lowest BCUT2D eigenvalue weighted by Crippen LogP contribution is -2.44. The molecule has 2 aromatic carbocycles. The third kappa shape index (κ3) is 3.60. The zero-order chi connectivity index (χ0) is 16.9. The van der Waals surface area contributed by atoms with E-state index < -0.39 is 0 Å². The molecule has 0 bridgehead atoms. The van der Waals surface area contributed by atoms with Crippen LogP contribution in [0.4, 0.5) is 5.69 Å². The van der Waals surface area contributed by atoms with Crippen molar-refractivity contribution in [3.05, 3.63) is 65.2 Å². The minimum Gasteiger partial charge on any atom is -0.378 e. The van der Waals surface area contributed by atoms with Gasteiger partial charge in [-0.2, -0.15) is 0 Å². The zero-order valence-corrected chi connectivity index (χ0v) is 14.3. The number of aryl methyl sites for hydroxylation is 1. The van der Waals surface area contributed by atoms with E-state index in [0.29, 0.717) is 26.3 Å². The van der Waals surface area contributed by atoms with E-state index in [1.807, 2.05) is 47.4 Å². The van der Waals surface area contributed by atoms with Crippen molar-refractivity contribution in [3.63, 3.8) is 0 Å². The molecule has 0 aliphatic carbocycles. The second-order valence-corrected chi connectivity index (χ2v) is 6.17. The molecule has 2 aromatic rings. The molecular weight excluding hydrogens is 300 g/mol. The summed E-state index contributed by atoms with van der Waals surface area (Å²) in [5.74, 6) is 0.102. The SMILES string of the molecule is Cc1cccc(N[C@@H](C(=O)N2CCOCC2)c2ccccc2)c1C. The third-order valence-electron chi connectivity index (χ3n) is 4.61. The summed E-state index contributed by atoms with van der Waals surface area (Å²) >= 11 is 0. The first-order valence-electron chi connectivity index (χ1n) is 8.41. The van der Waals surface area contributed by atoms with Crippen LogP contribution in [0.15, 0.2) is 48.5 Å². The van der Waals surface area contributed by atoms with Crippen molar-refractivity contribution in [1.29, 1.82) is 0 Å². The summed E-state index contributed by atoms with van der Waals surface area (Å²) in [4.78, 5) is 15.0. The Hall–Kier alpha value is -2.33. The van der Waals surface area contributed by atoms with Crippen LogP contribution in [0.25, 0.3) is 0 Å². The topological polar surface area (TPSA) is 41.6 Å². The van der Waals surface area contributed by atoms with Crippen LogP contribution < -0.4 is 5.32 Å². The van der Waals surface area contributed by atoms with Gasteiger partial charge in [0.05, 0.1) is 13.2 Å². The quantitative estimate of drug-likeness (QED) is 0.938. The Bertz CT molecular complexity index is 694. The number of benzene rings is 2. The van der Waals surface area contributed by atoms with Crippen LogP contribution in [-0.2, 0) is 9.53 Å². The summed E-state index contributed by atoms with van der Waals surface area (Å²) in [7, 11) is 0. The lowest BCUT2D eigenvalue weighted by atomic mass is 10.0. The number of ether oxygens (including phenoxy) is 1. The van der Waals surface area contributed by atoms with Gasteiger partial charge in [-0.3, -0.25) is 4.79 Å². The maximum atomic E-state index is 13.1. The molecule has 1 amide bonds. The molecule has 1 aliphatic rings. The fraction of sp³-hybridized carbons (Fsp3) is 0.350. The molecule has 0 spiro atoms. The Labute approximate surface area is 143 Å². The van der Waals surface area contributed by atoms with E-state index in [0.717, 1.165) is 11.3 Å². The van der Waals surface area contributed by atoms with Crippen molar-refractivity contribution in [1.82, 2.24) is 4.90 Å². The van der Waals surface area contributed by atoms with E-state index in [-0.39, 0.29) is 11.9 Å². The van der Waals surface area contributed by atoms with E-state index in [1.165, 1.54) is 11.1 Å². The van der Waals surface area contributed by atoms with Crippen LogP contribution in [0.2, 0.25) is 0 Å². The first-order valence-corrected chi connectivity index (χ1v) is 8.41. The van der Waals surface area contributed by atoms with Crippen molar-refractivity contribution in [3.8, 4) is 0 Å². The highest BCUT2D eigenvalue weighted by Crippen LogP contribution is 2.26. The Morgan fingerprint density at radius 2 is 1.75 bits per heavy atom. The monoisotopic (exact) mass is 324 g/mol. The second kappa shape index (κ2) is 7.49. The van der Waals surface area contributed by atoms with Gasteiger partial charge in [-0.25, -0.2) is 0 Å². The van der Waals surface area contributed by atoms with Crippen molar-refractivity contribution < 1.29 is 9.53 Å². The maximum absolute atomic E-state index is 13.1. The van der Waals surface area contributed by atoms with Crippen molar-refractivity contribution >= 4 is 11.6 Å². The van der Waals surface area contributed by atoms with E-state index in [2.05, 4.69) is 25.2 Å². The van der Waals surface area contributed by atoms with E-state index in [9.17, 15) is 4.79 Å². The molecule has 0 aromatic heterocycles. The second-order valence-electron chi connectivity index (χ2n) is 6.17. The summed E-state index contributed by atoms with van der Waals surface area (Å²) in [5, 5.41) is 3.47. The molecule has 3 rings (SSSR count). The highest BCUT2D eigenvalue weighted by atomic mass is 16.5. The molecule has 4 heteroatoms. The summed E-state index contributed by atoms with van der Waals surface area (Å²) < 4.78 is 5.37. The molecule has 1 atom stereocenters. The average Bonchev–Trinajstić information content (AvgIpc) is 2.64. The molecule has 4 nitrogen and oxygen atoms in total. The van der Waals surface area contributed by atoms with Gasteiger partial charge in [0.25, 0.3) is 0 Å². The van der Waals surface area contributed by atoms with Crippen molar-refractivity contribution in [2.45, 2.75) is 19.9 Å². The highest BCUT2D eigenvalue weighted by Gasteiger charge is 2.27. The van der Waals surface area contributed by atoms with Crippen LogP contribution >= 0.6 is 0 Å². The normalized spacial score (nSPS) is 15.8. The number of nitrogens with zero attached hydrogens (tertiary/aromatic N) is 1. The Morgan fingerprint density at radius 3 is 2.46 bits per heavy atom. The number of hydrogen-bond acceptors (Lipinski definition) is 3. The molecule has 1 heterocycles. The van der Waals surface area contributed by atoms with E-state index >= 15 is 0 Å². The summed E-state index contributed by atoms with van der Waals surface area (Å²) in [6.07, 6.45) is 0. The predicted molar refractivity (Wildman–Crippen MR) is 96.1 cm³/mol. The van der Waals surface area contributed by atoms with Gasteiger partial charge in [-0.15, -0.1) is 0 Å². The van der Waals surface area contributed by atoms with Gasteiger partial charge in [0.2, 0.25) is 5.91 Å². The van der Waals surface area contributed by atoms with Gasteiger partial charge in [0.1, 0.15) is 6.04 Å². The smallest absolute Gasteiger partial charge is 0.249 e. The van der Waals surface area contributed by atoms with Crippen LogP contribution in [0.1, 0.15) is 22.7 Å². The summed E-state index contributed by atoms with van der Waals surface area (Å²) in [6, 6.07) is 15.7. The summed E-state index contributed by atoms with van der Waals surface area (Å²) in [6.45, 7) is 6.68. The van der Waals surface area contributed by atoms with E-state index in [1.54, 1.807) is 0 Å². The number of morpholine rings is 1. The molecule has 0 unspecified atom stereocenters. The maximum Gasteiger partial charge on any atom is 0.249 e. The van der Waals surface area contributed by atoms with Crippen LogP contribution in [0.5, 0.6) is 0 Å². The molecule has 0 saturated carbocycles. The molecule has 0 radical (unpaired) electrons. The minimum atomic E-state index is -0.384. The number of carbonyl (C=O) groups is 1. The number of hydrogen-bond donors (Lipinski definition) is 1. The Balaban J connectivity index is 1.90. The van der Waals surface area contributed by atoms with Crippen molar-refractivity contribution in [2.75, 3.05) is 31.6 Å². The number of nitrogens with one attached hydrogen (secondary N) is 1. The number of anilines is 1. The van der Waals surface area contributed by atoms with E-state index in [4.69, 9.17) is 4.74 Å². The largest absolute Gasteiger partial charge is 0.378 e. The molecule has 24 heavy (non-hydrogen) atoms. The van der Waals surface area contributed by atoms with Gasteiger partial charge in [-0.1, -0.05) is 42.5 Å². The fourth-order valence-corrected chi connectivity index (χ4v) is 2.96. The summed E-state index contributed by atoms with van der Waals surface area (Å²) in [5.41, 5.74) is 4.37. The molecule has 1 fully saturated rings. The van der Waals surface area contributed by atoms with Gasteiger partial charge in [-0.05, 0) is 36.6 Å². The van der Waals surface area contributed by atoms with Crippen molar-refractivity contribution in [2.24, 2.45) is 0 Å². The molecular formula is C20H24N2O2. The minimum absolute atomic E-state index is 0.102. The Kier molecular flexibility index (Phi) is 5.16. The lowest BCUT2D eigenvalue weighted by Gasteiger charge is -2.31. The first-order chi connectivity index (χ1) is 11.7. The van der Waals surface area contributed by atoms with Gasteiger partial charge >= 0.3 is 0 Å². The fourth-order valence-electron chi connectivity index (χ4n) is 2.96. The lowest BCUT2D eigenvalue weighted by molar-refractivity contribution is -0.136.